The highest BCUT2D eigenvalue weighted by Crippen LogP contribution is 2.45. The van der Waals surface area contributed by atoms with Crippen molar-refractivity contribution in [1.82, 2.24) is 9.55 Å². The van der Waals surface area contributed by atoms with Crippen LogP contribution in [0.5, 0.6) is 0 Å². The zero-order valence-electron chi connectivity index (χ0n) is 25.4. The van der Waals surface area contributed by atoms with Gasteiger partial charge in [0, 0.05) is 41.9 Å². The maximum absolute atomic E-state index is 12.2. The second-order valence-electron chi connectivity index (χ2n) is 11.5. The van der Waals surface area contributed by atoms with Crippen LogP contribution < -0.4 is 0 Å². The molecule has 0 spiro atoms. The molecule has 5 rings (SSSR count). The highest BCUT2D eigenvalue weighted by atomic mass is 16.5. The summed E-state index contributed by atoms with van der Waals surface area (Å²) < 4.78 is 11.8. The van der Waals surface area contributed by atoms with Gasteiger partial charge in [-0.3, -0.25) is 0 Å². The van der Waals surface area contributed by atoms with E-state index in [0.717, 1.165) is 44.9 Å². The summed E-state index contributed by atoms with van der Waals surface area (Å²) in [6, 6.07) is 12.1. The fourth-order valence-corrected chi connectivity index (χ4v) is 6.26. The van der Waals surface area contributed by atoms with Crippen molar-refractivity contribution in [2.24, 2.45) is 10.3 Å². The molecule has 3 heterocycles. The first-order valence-electron chi connectivity index (χ1n) is 14.3. The summed E-state index contributed by atoms with van der Waals surface area (Å²) in [7, 11) is 2.51. The zero-order chi connectivity index (χ0) is 31.6. The molecular formula is C34H36N4O6. The fraction of sp³-hybridized carbons (Fsp3) is 0.294. The van der Waals surface area contributed by atoms with Crippen LogP contribution in [0.4, 0.5) is 0 Å². The number of esters is 2. The molecule has 1 aliphatic heterocycles. The summed E-state index contributed by atoms with van der Waals surface area (Å²) in [5.74, 6) is -1.20. The molecule has 228 valence electrons. The third-order valence-corrected chi connectivity index (χ3v) is 8.31. The van der Waals surface area contributed by atoms with E-state index in [-0.39, 0.29) is 30.2 Å². The van der Waals surface area contributed by atoms with Crippen LogP contribution >= 0.6 is 0 Å². The number of H-pyrrole nitrogens is 1. The maximum Gasteiger partial charge on any atom is 0.356 e. The molecule has 0 bridgehead atoms. The minimum absolute atomic E-state index is 0.0647. The van der Waals surface area contributed by atoms with Gasteiger partial charge in [0.15, 0.2) is 11.4 Å². The molecule has 1 aliphatic rings. The summed E-state index contributed by atoms with van der Waals surface area (Å²) in [6.45, 7) is 6.39. The van der Waals surface area contributed by atoms with E-state index in [4.69, 9.17) is 9.47 Å². The predicted octanol–water partition coefficient (Wildman–Crippen LogP) is 6.10. The number of hydrogen-bond acceptors (Lipinski definition) is 8. The van der Waals surface area contributed by atoms with Crippen LogP contribution in [0.2, 0.25) is 0 Å². The van der Waals surface area contributed by atoms with Crippen molar-refractivity contribution in [3.05, 3.63) is 88.8 Å². The van der Waals surface area contributed by atoms with Crippen molar-refractivity contribution in [3.63, 3.8) is 0 Å². The Morgan fingerprint density at radius 3 is 2.27 bits per heavy atom. The SMILES string of the molecule is COC(=O)/C(Cc1c[nH]c2c(/C=C/C3(C)CC(C=C(C)C)c4cccc5c(C/C(=N\O)C(=O)OC)cn3c45)cccc12)=N/O. The molecule has 44 heavy (non-hydrogen) atoms. The number of nitrogens with zero attached hydrogens (tertiary/aromatic N) is 3. The predicted molar refractivity (Wildman–Crippen MR) is 170 cm³/mol. The van der Waals surface area contributed by atoms with Gasteiger partial charge in [-0.15, -0.1) is 0 Å². The fourth-order valence-electron chi connectivity index (χ4n) is 6.26. The molecule has 2 unspecified atom stereocenters. The lowest BCUT2D eigenvalue weighted by molar-refractivity contribution is -0.133. The quantitative estimate of drug-likeness (QED) is 0.0702. The van der Waals surface area contributed by atoms with E-state index in [1.807, 2.05) is 42.7 Å². The molecule has 0 amide bonds. The van der Waals surface area contributed by atoms with E-state index in [1.165, 1.54) is 25.4 Å². The highest BCUT2D eigenvalue weighted by molar-refractivity contribution is 6.37. The number of hydrogen-bond donors (Lipinski definition) is 3. The van der Waals surface area contributed by atoms with Crippen LogP contribution in [0.3, 0.4) is 0 Å². The van der Waals surface area contributed by atoms with E-state index in [9.17, 15) is 20.0 Å². The molecule has 0 radical (unpaired) electrons. The Morgan fingerprint density at radius 2 is 1.64 bits per heavy atom. The molecule has 0 saturated heterocycles. The second kappa shape index (κ2) is 12.2. The number of carbonyl (C=O) groups is 2. The molecule has 0 aliphatic carbocycles. The molecular weight excluding hydrogens is 560 g/mol. The van der Waals surface area contributed by atoms with Crippen LogP contribution in [0.15, 0.2) is 76.8 Å². The number of aromatic nitrogens is 2. The Kier molecular flexibility index (Phi) is 8.44. The van der Waals surface area contributed by atoms with Crippen LogP contribution in [-0.2, 0) is 37.4 Å². The van der Waals surface area contributed by atoms with Crippen molar-refractivity contribution in [1.29, 1.82) is 0 Å². The van der Waals surface area contributed by atoms with Gasteiger partial charge in [-0.05, 0) is 49.4 Å². The normalized spacial score (nSPS) is 18.6. The number of carbonyl (C=O) groups excluding carboxylic acids is 2. The molecule has 10 heteroatoms. The minimum Gasteiger partial charge on any atom is -0.464 e. The monoisotopic (exact) mass is 596 g/mol. The lowest BCUT2D eigenvalue weighted by Gasteiger charge is -2.38. The van der Waals surface area contributed by atoms with Crippen molar-refractivity contribution < 1.29 is 29.5 Å². The molecule has 2 aromatic carbocycles. The summed E-state index contributed by atoms with van der Waals surface area (Å²) in [5, 5.41) is 27.1. The number of oxime groups is 2. The summed E-state index contributed by atoms with van der Waals surface area (Å²) in [4.78, 5) is 27.6. The van der Waals surface area contributed by atoms with Crippen molar-refractivity contribution in [2.75, 3.05) is 14.2 Å². The van der Waals surface area contributed by atoms with Gasteiger partial charge in [-0.1, -0.05) is 70.5 Å². The molecule has 0 fully saturated rings. The number of benzene rings is 2. The topological polar surface area (TPSA) is 138 Å². The number of ether oxygens (including phenoxy) is 2. The van der Waals surface area contributed by atoms with E-state index >= 15 is 0 Å². The van der Waals surface area contributed by atoms with Crippen LogP contribution in [-0.4, -0.2) is 57.5 Å². The van der Waals surface area contributed by atoms with Crippen molar-refractivity contribution in [2.45, 2.75) is 51.5 Å². The van der Waals surface area contributed by atoms with Gasteiger partial charge in [-0.25, -0.2) is 9.59 Å². The van der Waals surface area contributed by atoms with Crippen LogP contribution in [0, 0.1) is 0 Å². The average Bonchev–Trinajstić information content (AvgIpc) is 3.62. The van der Waals surface area contributed by atoms with Gasteiger partial charge in [0.25, 0.3) is 0 Å². The molecule has 2 aromatic heterocycles. The summed E-state index contributed by atoms with van der Waals surface area (Å²) in [6.07, 6.45) is 11.5. The Morgan fingerprint density at radius 1 is 1.00 bits per heavy atom. The van der Waals surface area contributed by atoms with Gasteiger partial charge in [0.2, 0.25) is 0 Å². The minimum atomic E-state index is -0.685. The molecule has 0 saturated carbocycles. The number of para-hydroxylation sites is 2. The molecule has 4 aromatic rings. The van der Waals surface area contributed by atoms with E-state index in [0.29, 0.717) is 0 Å². The Bertz CT molecular complexity index is 1870. The largest absolute Gasteiger partial charge is 0.464 e. The molecule has 10 nitrogen and oxygen atoms in total. The lowest BCUT2D eigenvalue weighted by Crippen LogP contribution is -2.33. The van der Waals surface area contributed by atoms with E-state index in [2.05, 4.69) is 64.9 Å². The van der Waals surface area contributed by atoms with Gasteiger partial charge >= 0.3 is 11.9 Å². The number of fused-ring (bicyclic) bond motifs is 1. The Labute approximate surface area is 255 Å². The maximum atomic E-state index is 12.2. The first-order chi connectivity index (χ1) is 21.1. The Hall–Kier alpha value is -5.12. The third-order valence-electron chi connectivity index (χ3n) is 8.31. The summed E-state index contributed by atoms with van der Waals surface area (Å²) >= 11 is 0. The van der Waals surface area contributed by atoms with Gasteiger partial charge in [-0.2, -0.15) is 0 Å². The number of aromatic amines is 1. The van der Waals surface area contributed by atoms with E-state index in [1.54, 1.807) is 0 Å². The smallest absolute Gasteiger partial charge is 0.356 e. The van der Waals surface area contributed by atoms with Crippen LogP contribution in [0.25, 0.3) is 27.9 Å². The van der Waals surface area contributed by atoms with Crippen LogP contribution in [0.1, 0.15) is 55.4 Å². The van der Waals surface area contributed by atoms with Crippen molar-refractivity contribution in [3.8, 4) is 0 Å². The van der Waals surface area contributed by atoms with Gasteiger partial charge in [0.1, 0.15) is 0 Å². The number of rotatable bonds is 9. The van der Waals surface area contributed by atoms with Crippen molar-refractivity contribution >= 4 is 51.2 Å². The average molecular weight is 597 g/mol. The number of allylic oxidation sites excluding steroid dienone is 3. The second-order valence-corrected chi connectivity index (χ2v) is 11.5. The van der Waals surface area contributed by atoms with Gasteiger partial charge in [0.05, 0.1) is 30.8 Å². The Balaban J connectivity index is 1.60. The molecule has 3 N–H and O–H groups in total. The highest BCUT2D eigenvalue weighted by Gasteiger charge is 2.36. The van der Waals surface area contributed by atoms with Gasteiger partial charge < -0.3 is 29.4 Å². The standard InChI is InChI=1S/C34H36N4O6/c1-20(2)14-22-17-34(3,38-19-24(16-29(37-42)33(40)44-5)27-11-7-10-26(22)31(27)38)13-12-21-8-6-9-25-23(18-35-30(21)25)15-28(36-41)32(39)43-4/h6-14,18-19,22,35,41-42H,15-17H2,1-5H3/b13-12+,36-28+,37-29+. The zero-order valence-corrected chi connectivity index (χ0v) is 25.4. The lowest BCUT2D eigenvalue weighted by atomic mass is 9.79. The van der Waals surface area contributed by atoms with E-state index < -0.39 is 17.5 Å². The number of nitrogens with one attached hydrogen (secondary N) is 1. The summed E-state index contributed by atoms with van der Waals surface area (Å²) in [5.41, 5.74) is 6.40. The first-order valence-corrected chi connectivity index (χ1v) is 14.3. The first kappa shape index (κ1) is 30.3. The molecule has 2 atom stereocenters. The third kappa shape index (κ3) is 5.50. The number of methoxy groups -OCH3 is 2.